The molecule has 0 amide bonds. The Bertz CT molecular complexity index is 640. The van der Waals surface area contributed by atoms with E-state index in [0.717, 1.165) is 25.3 Å². The monoisotopic (exact) mass is 276 g/mol. The molecule has 7 nitrogen and oxygen atoms in total. The van der Waals surface area contributed by atoms with E-state index < -0.39 is 0 Å². The van der Waals surface area contributed by atoms with Gasteiger partial charge in [0.15, 0.2) is 5.65 Å². The van der Waals surface area contributed by atoms with Crippen LogP contribution in [0.2, 0.25) is 0 Å². The second-order valence-electron chi connectivity index (χ2n) is 5.24. The topological polar surface area (TPSA) is 78.3 Å². The van der Waals surface area contributed by atoms with Gasteiger partial charge in [-0.2, -0.15) is 5.10 Å². The van der Waals surface area contributed by atoms with E-state index in [1.54, 1.807) is 13.0 Å². The third-order valence-corrected chi connectivity index (χ3v) is 3.73. The normalized spacial score (nSPS) is 16.1. The van der Waals surface area contributed by atoms with Crippen molar-refractivity contribution in [1.29, 1.82) is 0 Å². The maximum absolute atomic E-state index is 11.5. The lowest BCUT2D eigenvalue weighted by molar-refractivity contribution is 0.337. The molecule has 0 aliphatic carbocycles. The molecule has 20 heavy (non-hydrogen) atoms. The maximum atomic E-state index is 11.5. The molecule has 2 N–H and O–H groups in total. The summed E-state index contributed by atoms with van der Waals surface area (Å²) >= 11 is 0. The highest BCUT2D eigenvalue weighted by Gasteiger charge is 2.10. The number of aromatic nitrogens is 4. The van der Waals surface area contributed by atoms with Gasteiger partial charge in [0.2, 0.25) is 0 Å². The van der Waals surface area contributed by atoms with Crippen LogP contribution in [0.4, 0.5) is 5.82 Å². The fourth-order valence-corrected chi connectivity index (χ4v) is 2.71. The molecule has 3 heterocycles. The van der Waals surface area contributed by atoms with E-state index in [0.29, 0.717) is 11.5 Å². The smallest absolute Gasteiger partial charge is 0.349 e. The van der Waals surface area contributed by atoms with Crippen LogP contribution < -0.4 is 11.0 Å². The molecular weight excluding hydrogens is 256 g/mol. The van der Waals surface area contributed by atoms with E-state index in [1.807, 2.05) is 0 Å². The van der Waals surface area contributed by atoms with Gasteiger partial charge < -0.3 is 10.2 Å². The Morgan fingerprint density at radius 1 is 1.40 bits per heavy atom. The number of hydrogen-bond donors (Lipinski definition) is 2. The summed E-state index contributed by atoms with van der Waals surface area (Å²) in [6, 6.07) is 1.79. The quantitative estimate of drug-likeness (QED) is 0.783. The average Bonchev–Trinajstić information content (AvgIpc) is 3.05. The first-order valence-corrected chi connectivity index (χ1v) is 7.15. The van der Waals surface area contributed by atoms with Gasteiger partial charge >= 0.3 is 5.69 Å². The Hall–Kier alpha value is -1.89. The van der Waals surface area contributed by atoms with Crippen LogP contribution in [0, 0.1) is 6.92 Å². The molecule has 0 unspecified atom stereocenters. The number of aryl methyl sites for hydroxylation is 1. The van der Waals surface area contributed by atoms with Crippen molar-refractivity contribution in [3.8, 4) is 0 Å². The van der Waals surface area contributed by atoms with Gasteiger partial charge in [-0.25, -0.2) is 19.3 Å². The van der Waals surface area contributed by atoms with E-state index in [9.17, 15) is 4.79 Å². The van der Waals surface area contributed by atoms with E-state index in [1.165, 1.54) is 30.3 Å². The number of anilines is 1. The van der Waals surface area contributed by atoms with E-state index >= 15 is 0 Å². The highest BCUT2D eigenvalue weighted by molar-refractivity contribution is 5.49. The van der Waals surface area contributed by atoms with Crippen molar-refractivity contribution in [2.24, 2.45) is 0 Å². The SMILES string of the molecule is Cc1nc(NCCCN2CCCC2)cc2n[nH]c(=O)n12. The number of rotatable bonds is 5. The number of nitrogens with one attached hydrogen (secondary N) is 2. The van der Waals surface area contributed by atoms with Gasteiger partial charge in [0.05, 0.1) is 0 Å². The summed E-state index contributed by atoms with van der Waals surface area (Å²) in [7, 11) is 0. The molecule has 2 aromatic heterocycles. The van der Waals surface area contributed by atoms with Crippen LogP contribution in [-0.2, 0) is 0 Å². The zero-order valence-corrected chi connectivity index (χ0v) is 11.7. The summed E-state index contributed by atoms with van der Waals surface area (Å²) in [5, 5.41) is 9.70. The second kappa shape index (κ2) is 5.62. The minimum absolute atomic E-state index is 0.245. The minimum Gasteiger partial charge on any atom is -0.370 e. The Morgan fingerprint density at radius 3 is 3.00 bits per heavy atom. The first-order valence-electron chi connectivity index (χ1n) is 7.15. The molecule has 1 saturated heterocycles. The zero-order valence-electron chi connectivity index (χ0n) is 11.7. The Kier molecular flexibility index (Phi) is 3.68. The number of likely N-dealkylation sites (tertiary alicyclic amines) is 1. The van der Waals surface area contributed by atoms with Crippen molar-refractivity contribution in [3.63, 3.8) is 0 Å². The minimum atomic E-state index is -0.245. The van der Waals surface area contributed by atoms with Crippen LogP contribution in [-0.4, -0.2) is 50.7 Å². The van der Waals surface area contributed by atoms with Gasteiger partial charge in [-0.3, -0.25) is 0 Å². The fourth-order valence-electron chi connectivity index (χ4n) is 2.71. The van der Waals surface area contributed by atoms with E-state index in [2.05, 4.69) is 25.4 Å². The summed E-state index contributed by atoms with van der Waals surface area (Å²) in [6.45, 7) is 6.29. The van der Waals surface area contributed by atoms with Gasteiger partial charge in [-0.05, 0) is 45.8 Å². The number of fused-ring (bicyclic) bond motifs is 1. The molecule has 2 aromatic rings. The Balaban J connectivity index is 1.58. The van der Waals surface area contributed by atoms with Crippen molar-refractivity contribution in [3.05, 3.63) is 22.4 Å². The van der Waals surface area contributed by atoms with Crippen molar-refractivity contribution < 1.29 is 0 Å². The van der Waals surface area contributed by atoms with Gasteiger partial charge in [0.25, 0.3) is 0 Å². The van der Waals surface area contributed by atoms with Gasteiger partial charge in [0.1, 0.15) is 11.6 Å². The van der Waals surface area contributed by atoms with Gasteiger partial charge in [-0.1, -0.05) is 0 Å². The number of H-pyrrole nitrogens is 1. The standard InChI is InChI=1S/C13H20N6O/c1-10-15-11(9-12-16-17-13(20)19(10)12)14-5-4-8-18-6-2-3-7-18/h9,14H,2-8H2,1H3,(H,17,20). The zero-order chi connectivity index (χ0) is 13.9. The predicted octanol–water partition coefficient (Wildman–Crippen LogP) is 0.624. The lowest BCUT2D eigenvalue weighted by atomic mass is 10.4. The molecule has 0 saturated carbocycles. The highest BCUT2D eigenvalue weighted by atomic mass is 16.1. The Labute approximate surface area is 117 Å². The van der Waals surface area contributed by atoms with Crippen molar-refractivity contribution in [1.82, 2.24) is 24.5 Å². The molecule has 0 spiro atoms. The molecule has 1 aliphatic heterocycles. The average molecular weight is 276 g/mol. The summed E-state index contributed by atoms with van der Waals surface area (Å²) in [5.41, 5.74) is 0.357. The van der Waals surface area contributed by atoms with Crippen LogP contribution in [0.5, 0.6) is 0 Å². The van der Waals surface area contributed by atoms with Crippen molar-refractivity contribution in [2.45, 2.75) is 26.2 Å². The second-order valence-corrected chi connectivity index (χ2v) is 5.24. The summed E-state index contributed by atoms with van der Waals surface area (Å²) in [5.74, 6) is 1.42. The molecule has 0 atom stereocenters. The molecule has 3 rings (SSSR count). The largest absolute Gasteiger partial charge is 0.370 e. The molecule has 0 radical (unpaired) electrons. The number of aromatic amines is 1. The van der Waals surface area contributed by atoms with Gasteiger partial charge in [0, 0.05) is 12.6 Å². The number of nitrogens with zero attached hydrogens (tertiary/aromatic N) is 4. The van der Waals surface area contributed by atoms with Crippen molar-refractivity contribution in [2.75, 3.05) is 31.5 Å². The van der Waals surface area contributed by atoms with E-state index in [-0.39, 0.29) is 5.69 Å². The molecule has 1 fully saturated rings. The predicted molar refractivity (Wildman–Crippen MR) is 77.1 cm³/mol. The third kappa shape index (κ3) is 2.67. The van der Waals surface area contributed by atoms with E-state index in [4.69, 9.17) is 0 Å². The van der Waals surface area contributed by atoms with Crippen LogP contribution in [0.3, 0.4) is 0 Å². The number of hydrogen-bond acceptors (Lipinski definition) is 5. The lowest BCUT2D eigenvalue weighted by Gasteiger charge is -2.14. The molecule has 7 heteroatoms. The van der Waals surface area contributed by atoms with Crippen LogP contribution >= 0.6 is 0 Å². The van der Waals surface area contributed by atoms with Crippen LogP contribution in [0.25, 0.3) is 5.65 Å². The van der Waals surface area contributed by atoms with Crippen LogP contribution in [0.15, 0.2) is 10.9 Å². The highest BCUT2D eigenvalue weighted by Crippen LogP contribution is 2.09. The summed E-state index contributed by atoms with van der Waals surface area (Å²) < 4.78 is 1.47. The molecular formula is C13H20N6O. The third-order valence-electron chi connectivity index (χ3n) is 3.73. The lowest BCUT2D eigenvalue weighted by Crippen LogP contribution is -2.22. The first kappa shape index (κ1) is 13.1. The fraction of sp³-hybridized carbons (Fsp3) is 0.615. The Morgan fingerprint density at radius 2 is 2.20 bits per heavy atom. The summed E-state index contributed by atoms with van der Waals surface area (Å²) in [4.78, 5) is 18.4. The molecule has 1 aliphatic rings. The van der Waals surface area contributed by atoms with Crippen LogP contribution in [0.1, 0.15) is 25.1 Å². The first-order chi connectivity index (χ1) is 9.74. The molecule has 108 valence electrons. The molecule has 0 aromatic carbocycles. The maximum Gasteiger partial charge on any atom is 0.349 e. The van der Waals surface area contributed by atoms with Gasteiger partial charge in [-0.15, -0.1) is 0 Å². The molecule has 0 bridgehead atoms. The van der Waals surface area contributed by atoms with Crippen molar-refractivity contribution >= 4 is 11.5 Å². The summed E-state index contributed by atoms with van der Waals surface area (Å²) in [6.07, 6.45) is 3.76.